The normalized spacial score (nSPS) is 20.9. The summed E-state index contributed by atoms with van der Waals surface area (Å²) in [7, 11) is 1.48. The number of carbonyl (C=O) groups is 3. The van der Waals surface area contributed by atoms with Crippen molar-refractivity contribution < 1.29 is 28.8 Å². The lowest BCUT2D eigenvalue weighted by Crippen LogP contribution is -2.69. The Balaban J connectivity index is 1.74. The van der Waals surface area contributed by atoms with E-state index in [-0.39, 0.29) is 35.9 Å². The third-order valence-corrected chi connectivity index (χ3v) is 5.66. The summed E-state index contributed by atoms with van der Waals surface area (Å²) in [5.41, 5.74) is 1.26. The van der Waals surface area contributed by atoms with Gasteiger partial charge in [-0.2, -0.15) is 0 Å². The van der Waals surface area contributed by atoms with E-state index < -0.39 is 16.9 Å². The van der Waals surface area contributed by atoms with E-state index in [0.29, 0.717) is 23.3 Å². The van der Waals surface area contributed by atoms with Gasteiger partial charge in [0, 0.05) is 25.0 Å². The number of methoxy groups -OCH3 is 1. The smallest absolute Gasteiger partial charge is 0.355 e. The van der Waals surface area contributed by atoms with Crippen LogP contribution in [0.5, 0.6) is 0 Å². The molecule has 0 bridgehead atoms. The minimum atomic E-state index is -0.686. The maximum atomic E-state index is 12.7. The van der Waals surface area contributed by atoms with Gasteiger partial charge in [0.2, 0.25) is 6.41 Å². The standard InChI is InChI=1S/C17H17N3O7S/c1-26-7-11-8-28-16-13(18-9-21)15(22)19(16)14(11)17(23)27-6-10-2-4-12(5-3-10)20(24)25/h2-5,9,13,16H,6-8H2,1H3,(H,18,21)/t13?,16-/m1/s1. The molecule has 2 amide bonds. The molecule has 0 saturated carbocycles. The second kappa shape index (κ2) is 8.40. The van der Waals surface area contributed by atoms with E-state index in [0.717, 1.165) is 0 Å². The molecule has 0 aromatic heterocycles. The Morgan fingerprint density at radius 1 is 1.39 bits per heavy atom. The van der Waals surface area contributed by atoms with Crippen LogP contribution in [0.15, 0.2) is 35.5 Å². The quantitative estimate of drug-likeness (QED) is 0.218. The number of hydrogen-bond acceptors (Lipinski definition) is 8. The summed E-state index contributed by atoms with van der Waals surface area (Å²) >= 11 is 1.43. The first kappa shape index (κ1) is 19.8. The molecule has 0 aliphatic carbocycles. The molecule has 2 atom stereocenters. The van der Waals surface area contributed by atoms with Crippen molar-refractivity contribution >= 4 is 35.7 Å². The number of non-ortho nitro benzene ring substituents is 1. The summed E-state index contributed by atoms with van der Waals surface area (Å²) in [5, 5.41) is 12.8. The lowest BCUT2D eigenvalue weighted by atomic mass is 10.0. The van der Waals surface area contributed by atoms with Crippen molar-refractivity contribution in [2.45, 2.75) is 18.0 Å². The summed E-state index contributed by atoms with van der Waals surface area (Å²) in [6, 6.07) is 4.95. The minimum absolute atomic E-state index is 0.0628. The number of esters is 1. The minimum Gasteiger partial charge on any atom is -0.456 e. The fourth-order valence-corrected chi connectivity index (χ4v) is 4.32. The van der Waals surface area contributed by atoms with Crippen molar-refractivity contribution in [1.29, 1.82) is 0 Å². The number of benzene rings is 1. The first-order valence-electron chi connectivity index (χ1n) is 8.23. The van der Waals surface area contributed by atoms with E-state index in [1.54, 1.807) is 0 Å². The van der Waals surface area contributed by atoms with Crippen LogP contribution in [-0.2, 0) is 30.5 Å². The average Bonchev–Trinajstić information content (AvgIpc) is 2.70. The van der Waals surface area contributed by atoms with Gasteiger partial charge in [-0.15, -0.1) is 11.8 Å². The van der Waals surface area contributed by atoms with Crippen molar-refractivity contribution in [1.82, 2.24) is 10.2 Å². The Kier molecular flexibility index (Phi) is 5.95. The van der Waals surface area contributed by atoms with Crippen LogP contribution in [-0.4, -0.2) is 59.0 Å². The summed E-state index contributed by atoms with van der Waals surface area (Å²) in [6.45, 7) is 0.0632. The molecule has 1 aromatic carbocycles. The highest BCUT2D eigenvalue weighted by atomic mass is 32.2. The van der Waals surface area contributed by atoms with Gasteiger partial charge < -0.3 is 14.8 Å². The number of nitro benzene ring substituents is 1. The van der Waals surface area contributed by atoms with Gasteiger partial charge in [0.1, 0.15) is 23.7 Å². The third kappa shape index (κ3) is 3.71. The Morgan fingerprint density at radius 3 is 2.71 bits per heavy atom. The van der Waals surface area contributed by atoms with Gasteiger partial charge in [-0.05, 0) is 23.3 Å². The van der Waals surface area contributed by atoms with E-state index in [4.69, 9.17) is 9.47 Å². The van der Waals surface area contributed by atoms with Gasteiger partial charge in [0.05, 0.1) is 11.5 Å². The number of thioether (sulfide) groups is 1. The van der Waals surface area contributed by atoms with Gasteiger partial charge in [0.25, 0.3) is 11.6 Å². The Labute approximate surface area is 164 Å². The highest BCUT2D eigenvalue weighted by Gasteiger charge is 2.53. The average molecular weight is 407 g/mol. The zero-order valence-corrected chi connectivity index (χ0v) is 15.6. The molecule has 2 aliphatic rings. The van der Waals surface area contributed by atoms with Crippen molar-refractivity contribution in [2.75, 3.05) is 19.5 Å². The maximum Gasteiger partial charge on any atom is 0.355 e. The number of nitrogens with one attached hydrogen (secondary N) is 1. The molecule has 1 aromatic rings. The fourth-order valence-electron chi connectivity index (χ4n) is 2.98. The number of nitrogens with zero attached hydrogens (tertiary/aromatic N) is 2. The Morgan fingerprint density at radius 2 is 2.11 bits per heavy atom. The van der Waals surface area contributed by atoms with Crippen LogP contribution < -0.4 is 5.32 Å². The summed E-state index contributed by atoms with van der Waals surface area (Å²) in [5.74, 6) is -0.616. The van der Waals surface area contributed by atoms with Gasteiger partial charge in [-0.25, -0.2) is 4.79 Å². The summed E-state index contributed by atoms with van der Waals surface area (Å²) in [4.78, 5) is 47.2. The van der Waals surface area contributed by atoms with E-state index in [1.807, 2.05) is 0 Å². The molecule has 0 radical (unpaired) electrons. The highest BCUT2D eigenvalue weighted by Crippen LogP contribution is 2.40. The van der Waals surface area contributed by atoms with Crippen LogP contribution >= 0.6 is 11.8 Å². The van der Waals surface area contributed by atoms with Crippen LogP contribution in [0.25, 0.3) is 0 Å². The van der Waals surface area contributed by atoms with Crippen LogP contribution in [0, 0.1) is 10.1 Å². The molecule has 1 unspecified atom stereocenters. The molecular weight excluding hydrogens is 390 g/mol. The molecule has 2 aliphatic heterocycles. The third-order valence-electron chi connectivity index (χ3n) is 4.32. The van der Waals surface area contributed by atoms with Gasteiger partial charge in [0.15, 0.2) is 0 Å². The molecule has 0 spiro atoms. The zero-order valence-electron chi connectivity index (χ0n) is 14.8. The lowest BCUT2D eigenvalue weighted by Gasteiger charge is -2.49. The molecule has 3 rings (SSSR count). The maximum absolute atomic E-state index is 12.7. The number of β-lactam (4-membered cyclic amide) rings is 1. The predicted molar refractivity (Wildman–Crippen MR) is 97.9 cm³/mol. The number of hydrogen-bond donors (Lipinski definition) is 1. The molecule has 11 heteroatoms. The Hall–Kier alpha value is -2.92. The van der Waals surface area contributed by atoms with E-state index in [1.165, 1.54) is 48.0 Å². The lowest BCUT2D eigenvalue weighted by molar-refractivity contribution is -0.384. The largest absolute Gasteiger partial charge is 0.456 e. The number of carbonyl (C=O) groups excluding carboxylic acids is 3. The summed E-state index contributed by atoms with van der Waals surface area (Å²) < 4.78 is 10.5. The Bertz CT molecular complexity index is 840. The predicted octanol–water partition coefficient (Wildman–Crippen LogP) is 0.568. The van der Waals surface area contributed by atoms with E-state index in [9.17, 15) is 24.5 Å². The van der Waals surface area contributed by atoms with Crippen molar-refractivity contribution in [2.24, 2.45) is 0 Å². The van der Waals surface area contributed by atoms with Gasteiger partial charge >= 0.3 is 5.97 Å². The van der Waals surface area contributed by atoms with Crippen LogP contribution in [0.4, 0.5) is 5.69 Å². The van der Waals surface area contributed by atoms with Crippen LogP contribution in [0.3, 0.4) is 0 Å². The van der Waals surface area contributed by atoms with Crippen molar-refractivity contribution in [3.63, 3.8) is 0 Å². The number of ether oxygens (including phenoxy) is 2. The second-order valence-corrected chi connectivity index (χ2v) is 7.16. The number of rotatable bonds is 8. The topological polar surface area (TPSA) is 128 Å². The summed E-state index contributed by atoms with van der Waals surface area (Å²) in [6.07, 6.45) is 0.460. The van der Waals surface area contributed by atoms with Crippen molar-refractivity contribution in [3.8, 4) is 0 Å². The molecule has 1 fully saturated rings. The molecular formula is C17H17N3O7S. The zero-order chi connectivity index (χ0) is 20.3. The fraction of sp³-hybridized carbons (Fsp3) is 0.353. The first-order valence-corrected chi connectivity index (χ1v) is 9.28. The van der Waals surface area contributed by atoms with Crippen molar-refractivity contribution in [3.05, 3.63) is 51.2 Å². The monoisotopic (exact) mass is 407 g/mol. The molecule has 10 nitrogen and oxygen atoms in total. The number of nitro groups is 1. The molecule has 1 N–H and O–H groups in total. The highest BCUT2D eigenvalue weighted by molar-refractivity contribution is 8.00. The first-order chi connectivity index (χ1) is 13.5. The van der Waals surface area contributed by atoms with Crippen LogP contribution in [0.1, 0.15) is 5.56 Å². The second-order valence-electron chi connectivity index (χ2n) is 6.06. The van der Waals surface area contributed by atoms with Crippen LogP contribution in [0.2, 0.25) is 0 Å². The molecule has 148 valence electrons. The molecule has 28 heavy (non-hydrogen) atoms. The molecule has 1 saturated heterocycles. The number of amides is 2. The number of fused-ring (bicyclic) bond motifs is 1. The van der Waals surface area contributed by atoms with Gasteiger partial charge in [-0.1, -0.05) is 0 Å². The van der Waals surface area contributed by atoms with E-state index in [2.05, 4.69) is 5.32 Å². The van der Waals surface area contributed by atoms with E-state index >= 15 is 0 Å². The molecule has 2 heterocycles. The van der Waals surface area contributed by atoms with Gasteiger partial charge in [-0.3, -0.25) is 24.6 Å². The SMILES string of the molecule is COCC1=C(C(=O)OCc2ccc([N+](=O)[O-])cc2)N2C(=O)C(NC=O)[C@H]2SC1.